The largest absolute Gasteiger partial charge is 0.416 e. The third-order valence-electron chi connectivity index (χ3n) is 3.05. The van der Waals surface area contributed by atoms with Crippen molar-refractivity contribution in [2.75, 3.05) is 0 Å². The van der Waals surface area contributed by atoms with Crippen LogP contribution in [-0.4, -0.2) is 13.3 Å². The van der Waals surface area contributed by atoms with Crippen molar-refractivity contribution in [3.8, 4) is 0 Å². The fourth-order valence-electron chi connectivity index (χ4n) is 1.97. The van der Waals surface area contributed by atoms with E-state index in [2.05, 4.69) is 0 Å². The van der Waals surface area contributed by atoms with Gasteiger partial charge in [0, 0.05) is 11.6 Å². The van der Waals surface area contributed by atoms with Crippen LogP contribution in [0.5, 0.6) is 0 Å². The fourth-order valence-corrected chi connectivity index (χ4v) is 3.35. The Labute approximate surface area is 129 Å². The molecule has 0 aromatic heterocycles. The van der Waals surface area contributed by atoms with Gasteiger partial charge in [0.1, 0.15) is 0 Å². The van der Waals surface area contributed by atoms with Crippen molar-refractivity contribution in [2.45, 2.75) is 16.8 Å². The standard InChI is InChI=1S/C14H10F3NO4S/c15-14(16,17)11-6-7-13(18(19)20)10(8-11)9-23(21,22)12-4-2-1-3-5-12/h1-8H,9H2. The first kappa shape index (κ1) is 16.9. The number of nitrogens with zero attached hydrogens (tertiary/aromatic N) is 1. The first-order chi connectivity index (χ1) is 10.6. The zero-order valence-corrected chi connectivity index (χ0v) is 12.3. The maximum atomic E-state index is 12.7. The van der Waals surface area contributed by atoms with E-state index in [9.17, 15) is 31.7 Å². The van der Waals surface area contributed by atoms with Gasteiger partial charge in [0.15, 0.2) is 9.84 Å². The van der Waals surface area contributed by atoms with E-state index in [1.165, 1.54) is 24.3 Å². The smallest absolute Gasteiger partial charge is 0.258 e. The summed E-state index contributed by atoms with van der Waals surface area (Å²) < 4.78 is 62.7. The maximum Gasteiger partial charge on any atom is 0.416 e. The van der Waals surface area contributed by atoms with Crippen LogP contribution in [0.4, 0.5) is 18.9 Å². The summed E-state index contributed by atoms with van der Waals surface area (Å²) in [6, 6.07) is 8.74. The van der Waals surface area contributed by atoms with Gasteiger partial charge in [-0.1, -0.05) is 18.2 Å². The highest BCUT2D eigenvalue weighted by atomic mass is 32.2. The van der Waals surface area contributed by atoms with Crippen LogP contribution in [0.2, 0.25) is 0 Å². The van der Waals surface area contributed by atoms with E-state index >= 15 is 0 Å². The monoisotopic (exact) mass is 345 g/mol. The number of rotatable bonds is 4. The lowest BCUT2D eigenvalue weighted by Crippen LogP contribution is -2.10. The molecule has 0 unspecified atom stereocenters. The molecule has 0 N–H and O–H groups in total. The van der Waals surface area contributed by atoms with Gasteiger partial charge in [0.25, 0.3) is 5.69 Å². The molecule has 2 aromatic rings. The van der Waals surface area contributed by atoms with E-state index < -0.39 is 43.5 Å². The summed E-state index contributed by atoms with van der Waals surface area (Å²) in [5, 5.41) is 10.9. The Morgan fingerprint density at radius 2 is 1.65 bits per heavy atom. The van der Waals surface area contributed by atoms with Gasteiger partial charge in [0.05, 0.1) is 21.1 Å². The molecule has 2 aromatic carbocycles. The molecule has 0 amide bonds. The second-order valence-corrected chi connectivity index (χ2v) is 6.66. The second-order valence-electron chi connectivity index (χ2n) is 4.67. The minimum Gasteiger partial charge on any atom is -0.258 e. The van der Waals surface area contributed by atoms with Crippen molar-refractivity contribution < 1.29 is 26.5 Å². The molecule has 0 aliphatic rings. The van der Waals surface area contributed by atoms with Gasteiger partial charge in [-0.25, -0.2) is 8.42 Å². The van der Waals surface area contributed by atoms with Gasteiger partial charge >= 0.3 is 6.18 Å². The Morgan fingerprint density at radius 3 is 2.17 bits per heavy atom. The summed E-state index contributed by atoms with van der Waals surface area (Å²) in [5.41, 5.74) is -2.31. The number of benzene rings is 2. The minimum atomic E-state index is -4.72. The molecule has 2 rings (SSSR count). The molecule has 9 heteroatoms. The molecule has 0 aliphatic carbocycles. The van der Waals surface area contributed by atoms with Gasteiger partial charge in [-0.15, -0.1) is 0 Å². The molecule has 0 heterocycles. The third-order valence-corrected chi connectivity index (χ3v) is 4.73. The third kappa shape index (κ3) is 3.86. The van der Waals surface area contributed by atoms with Gasteiger partial charge in [-0.3, -0.25) is 10.1 Å². The molecule has 0 saturated heterocycles. The van der Waals surface area contributed by atoms with Crippen molar-refractivity contribution in [1.29, 1.82) is 0 Å². The summed E-state index contributed by atoms with van der Waals surface area (Å²) in [6.45, 7) is 0. The van der Waals surface area contributed by atoms with E-state index in [1.54, 1.807) is 6.07 Å². The minimum absolute atomic E-state index is 0.119. The molecule has 0 aliphatic heterocycles. The molecule has 122 valence electrons. The zero-order valence-electron chi connectivity index (χ0n) is 11.4. The average molecular weight is 345 g/mol. The Morgan fingerprint density at radius 1 is 1.04 bits per heavy atom. The van der Waals surface area contributed by atoms with E-state index in [-0.39, 0.29) is 4.90 Å². The zero-order chi connectivity index (χ0) is 17.3. The van der Waals surface area contributed by atoms with Crippen molar-refractivity contribution >= 4 is 15.5 Å². The highest BCUT2D eigenvalue weighted by molar-refractivity contribution is 7.90. The Hall–Kier alpha value is -2.42. The first-order valence-electron chi connectivity index (χ1n) is 6.23. The molecule has 0 fully saturated rings. The summed E-state index contributed by atoms with van der Waals surface area (Å²) in [4.78, 5) is 9.91. The van der Waals surface area contributed by atoms with E-state index in [4.69, 9.17) is 0 Å². The summed E-state index contributed by atoms with van der Waals surface area (Å²) >= 11 is 0. The van der Waals surface area contributed by atoms with Crippen LogP contribution in [-0.2, 0) is 21.8 Å². The number of alkyl halides is 3. The van der Waals surface area contributed by atoms with Gasteiger partial charge in [-0.05, 0) is 24.3 Å². The lowest BCUT2D eigenvalue weighted by atomic mass is 10.1. The fraction of sp³-hybridized carbons (Fsp3) is 0.143. The van der Waals surface area contributed by atoms with Crippen LogP contribution in [0.15, 0.2) is 53.4 Å². The van der Waals surface area contributed by atoms with Crippen LogP contribution in [0.25, 0.3) is 0 Å². The van der Waals surface area contributed by atoms with Gasteiger partial charge < -0.3 is 0 Å². The summed E-state index contributed by atoms with van der Waals surface area (Å²) in [5.74, 6) is -0.892. The van der Waals surface area contributed by atoms with Gasteiger partial charge in [0.2, 0.25) is 0 Å². The highest BCUT2D eigenvalue weighted by Gasteiger charge is 2.33. The lowest BCUT2D eigenvalue weighted by Gasteiger charge is -2.10. The number of hydrogen-bond donors (Lipinski definition) is 0. The second kappa shape index (κ2) is 5.99. The Balaban J connectivity index is 2.51. The predicted octanol–water partition coefficient (Wildman–Crippen LogP) is 3.59. The van der Waals surface area contributed by atoms with Crippen LogP contribution >= 0.6 is 0 Å². The summed E-state index contributed by atoms with van der Waals surface area (Å²) in [6.07, 6.45) is -4.72. The van der Waals surface area contributed by atoms with E-state index in [0.29, 0.717) is 18.2 Å². The topological polar surface area (TPSA) is 77.3 Å². The van der Waals surface area contributed by atoms with Crippen LogP contribution in [0.3, 0.4) is 0 Å². The number of sulfone groups is 1. The van der Waals surface area contributed by atoms with Crippen molar-refractivity contribution in [2.24, 2.45) is 0 Å². The molecular formula is C14H10F3NO4S. The predicted molar refractivity (Wildman–Crippen MR) is 75.4 cm³/mol. The normalized spacial score (nSPS) is 12.1. The molecule has 0 atom stereocenters. The van der Waals surface area contributed by atoms with Crippen LogP contribution < -0.4 is 0 Å². The summed E-state index contributed by atoms with van der Waals surface area (Å²) in [7, 11) is -4.00. The number of nitro groups is 1. The first-order valence-corrected chi connectivity index (χ1v) is 7.89. The van der Waals surface area contributed by atoms with E-state index in [1.807, 2.05) is 0 Å². The molecular weight excluding hydrogens is 335 g/mol. The van der Waals surface area contributed by atoms with Crippen LogP contribution in [0.1, 0.15) is 11.1 Å². The highest BCUT2D eigenvalue weighted by Crippen LogP contribution is 2.33. The lowest BCUT2D eigenvalue weighted by molar-refractivity contribution is -0.385. The van der Waals surface area contributed by atoms with Crippen molar-refractivity contribution in [1.82, 2.24) is 0 Å². The molecule has 0 saturated carbocycles. The quantitative estimate of drug-likeness (QED) is 0.627. The SMILES string of the molecule is O=[N+]([O-])c1ccc(C(F)(F)F)cc1CS(=O)(=O)c1ccccc1. The average Bonchev–Trinajstić information content (AvgIpc) is 2.46. The van der Waals surface area contributed by atoms with Gasteiger partial charge in [-0.2, -0.15) is 13.2 Å². The van der Waals surface area contributed by atoms with E-state index in [0.717, 1.165) is 0 Å². The van der Waals surface area contributed by atoms with Crippen molar-refractivity contribution in [3.05, 3.63) is 69.8 Å². The number of nitro benzene ring substituents is 1. The molecule has 0 spiro atoms. The van der Waals surface area contributed by atoms with Crippen LogP contribution in [0, 0.1) is 10.1 Å². The maximum absolute atomic E-state index is 12.7. The molecule has 5 nitrogen and oxygen atoms in total. The Kier molecular flexibility index (Phi) is 4.42. The van der Waals surface area contributed by atoms with Crippen molar-refractivity contribution in [3.63, 3.8) is 0 Å². The number of hydrogen-bond acceptors (Lipinski definition) is 4. The Bertz CT molecular complexity index is 833. The molecule has 0 radical (unpaired) electrons. The number of halogens is 3. The molecule has 23 heavy (non-hydrogen) atoms. The molecule has 0 bridgehead atoms.